The predicted octanol–water partition coefficient (Wildman–Crippen LogP) is 5.44. The summed E-state index contributed by atoms with van der Waals surface area (Å²) >= 11 is 1.58. The van der Waals surface area contributed by atoms with Crippen molar-refractivity contribution in [3.05, 3.63) is 64.1 Å². The Morgan fingerprint density at radius 3 is 2.82 bits per heavy atom. The van der Waals surface area contributed by atoms with E-state index in [9.17, 15) is 9.18 Å². The van der Waals surface area contributed by atoms with Crippen LogP contribution < -0.4 is 14.8 Å². The van der Waals surface area contributed by atoms with Gasteiger partial charge in [-0.3, -0.25) is 4.79 Å². The standard InChI is InChI=1S/C22H20FNO3S/c1-3-27-18-8-7-14(10-19(18)26-2)16-11-20(25)24-21-17(12-28-22(16)21)13-5-4-6-15(23)9-13/h4-10,12,16H,3,11H2,1-2H3,(H,24,25). The monoisotopic (exact) mass is 397 g/mol. The minimum atomic E-state index is -0.299. The van der Waals surface area contributed by atoms with E-state index in [4.69, 9.17) is 9.47 Å². The molecule has 1 atom stereocenters. The van der Waals surface area contributed by atoms with Gasteiger partial charge in [-0.1, -0.05) is 18.2 Å². The van der Waals surface area contributed by atoms with E-state index in [1.807, 2.05) is 36.6 Å². The maximum Gasteiger partial charge on any atom is 0.225 e. The van der Waals surface area contributed by atoms with Crippen LogP contribution in [0.2, 0.25) is 0 Å². The summed E-state index contributed by atoms with van der Waals surface area (Å²) in [5.74, 6) is 0.893. The second-order valence-electron chi connectivity index (χ2n) is 6.55. The summed E-state index contributed by atoms with van der Waals surface area (Å²) in [5, 5.41) is 4.96. The Balaban J connectivity index is 1.77. The Kier molecular flexibility index (Phi) is 5.05. The molecule has 1 aliphatic rings. The number of carbonyl (C=O) groups is 1. The van der Waals surface area contributed by atoms with Crippen molar-refractivity contribution in [3.8, 4) is 22.6 Å². The van der Waals surface area contributed by atoms with Crippen LogP contribution in [0, 0.1) is 5.82 Å². The second-order valence-corrected chi connectivity index (χ2v) is 7.46. The summed E-state index contributed by atoms with van der Waals surface area (Å²) in [5.41, 5.74) is 3.35. The van der Waals surface area contributed by atoms with Gasteiger partial charge in [0.1, 0.15) is 5.82 Å². The van der Waals surface area contributed by atoms with E-state index in [1.165, 1.54) is 12.1 Å². The number of carbonyl (C=O) groups excluding carboxylic acids is 1. The lowest BCUT2D eigenvalue weighted by Crippen LogP contribution is -2.22. The summed E-state index contributed by atoms with van der Waals surface area (Å²) in [7, 11) is 1.60. The molecule has 0 saturated carbocycles. The first-order valence-corrected chi connectivity index (χ1v) is 9.96. The fourth-order valence-electron chi connectivity index (χ4n) is 3.54. The first kappa shape index (κ1) is 18.5. The molecule has 0 bridgehead atoms. The Bertz CT molecular complexity index is 1030. The lowest BCUT2D eigenvalue weighted by molar-refractivity contribution is -0.116. The molecular weight excluding hydrogens is 377 g/mol. The molecule has 1 aliphatic heterocycles. The molecule has 4 rings (SSSR count). The number of anilines is 1. The minimum Gasteiger partial charge on any atom is -0.493 e. The third kappa shape index (κ3) is 3.36. The van der Waals surface area contributed by atoms with Gasteiger partial charge in [-0.25, -0.2) is 4.39 Å². The van der Waals surface area contributed by atoms with Crippen LogP contribution in [0.1, 0.15) is 29.7 Å². The summed E-state index contributed by atoms with van der Waals surface area (Å²) < 4.78 is 24.7. The SMILES string of the molecule is CCOc1ccc(C2CC(=O)Nc3c(-c4cccc(F)c4)csc32)cc1OC. The molecule has 0 radical (unpaired) electrons. The summed E-state index contributed by atoms with van der Waals surface area (Å²) in [6, 6.07) is 12.2. The second kappa shape index (κ2) is 7.64. The van der Waals surface area contributed by atoms with Crippen LogP contribution in [-0.4, -0.2) is 19.6 Å². The number of hydrogen-bond acceptors (Lipinski definition) is 4. The first-order valence-electron chi connectivity index (χ1n) is 9.08. The molecule has 1 unspecified atom stereocenters. The topological polar surface area (TPSA) is 47.6 Å². The molecule has 0 saturated heterocycles. The van der Waals surface area contributed by atoms with Crippen molar-refractivity contribution in [1.29, 1.82) is 0 Å². The molecule has 3 aromatic rings. The zero-order chi connectivity index (χ0) is 19.7. The van der Waals surface area contributed by atoms with Crippen molar-refractivity contribution in [1.82, 2.24) is 0 Å². The summed E-state index contributed by atoms with van der Waals surface area (Å²) in [6.45, 7) is 2.47. The van der Waals surface area contributed by atoms with E-state index in [1.54, 1.807) is 24.5 Å². The number of thiophene rings is 1. The van der Waals surface area contributed by atoms with Crippen LogP contribution in [0.3, 0.4) is 0 Å². The number of ether oxygens (including phenoxy) is 2. The van der Waals surface area contributed by atoms with Crippen LogP contribution in [-0.2, 0) is 4.79 Å². The zero-order valence-corrected chi connectivity index (χ0v) is 16.4. The highest BCUT2D eigenvalue weighted by molar-refractivity contribution is 7.11. The summed E-state index contributed by atoms with van der Waals surface area (Å²) in [6.07, 6.45) is 0.354. The van der Waals surface area contributed by atoms with Crippen LogP contribution in [0.5, 0.6) is 11.5 Å². The number of fused-ring (bicyclic) bond motifs is 1. The van der Waals surface area contributed by atoms with Crippen molar-refractivity contribution in [2.24, 2.45) is 0 Å². The molecule has 6 heteroatoms. The van der Waals surface area contributed by atoms with E-state index >= 15 is 0 Å². The third-order valence-corrected chi connectivity index (χ3v) is 5.91. The average molecular weight is 397 g/mol. The highest BCUT2D eigenvalue weighted by Crippen LogP contribution is 2.47. The predicted molar refractivity (Wildman–Crippen MR) is 109 cm³/mol. The van der Waals surface area contributed by atoms with Gasteiger partial charge in [0, 0.05) is 28.2 Å². The molecule has 144 valence electrons. The first-order chi connectivity index (χ1) is 13.6. The maximum atomic E-state index is 13.7. The van der Waals surface area contributed by atoms with Gasteiger partial charge < -0.3 is 14.8 Å². The largest absolute Gasteiger partial charge is 0.493 e. The molecule has 1 N–H and O–H groups in total. The number of hydrogen-bond donors (Lipinski definition) is 1. The van der Waals surface area contributed by atoms with E-state index in [0.29, 0.717) is 24.5 Å². The Morgan fingerprint density at radius 1 is 1.21 bits per heavy atom. The van der Waals surface area contributed by atoms with Crippen LogP contribution in [0.4, 0.5) is 10.1 Å². The average Bonchev–Trinajstić information content (AvgIpc) is 3.11. The molecule has 0 fully saturated rings. The maximum absolute atomic E-state index is 13.7. The van der Waals surface area contributed by atoms with Gasteiger partial charge in [0.05, 0.1) is 19.4 Å². The van der Waals surface area contributed by atoms with E-state index < -0.39 is 0 Å². The number of amides is 1. The fraction of sp³-hybridized carbons (Fsp3) is 0.227. The molecular formula is C22H20FNO3S. The van der Waals surface area contributed by atoms with Gasteiger partial charge in [-0.2, -0.15) is 0 Å². The smallest absolute Gasteiger partial charge is 0.225 e. The van der Waals surface area contributed by atoms with Crippen LogP contribution in [0.15, 0.2) is 47.8 Å². The van der Waals surface area contributed by atoms with Crippen LogP contribution >= 0.6 is 11.3 Å². The summed E-state index contributed by atoms with van der Waals surface area (Å²) in [4.78, 5) is 13.5. The molecule has 0 aliphatic carbocycles. The third-order valence-electron chi connectivity index (χ3n) is 4.82. The number of nitrogens with one attached hydrogen (secondary N) is 1. The molecule has 28 heavy (non-hydrogen) atoms. The normalized spacial score (nSPS) is 15.7. The Morgan fingerprint density at radius 2 is 2.07 bits per heavy atom. The molecule has 2 heterocycles. The Hall–Kier alpha value is -2.86. The number of halogens is 1. The molecule has 4 nitrogen and oxygen atoms in total. The van der Waals surface area contributed by atoms with E-state index in [-0.39, 0.29) is 17.6 Å². The minimum absolute atomic E-state index is 0.0543. The van der Waals surface area contributed by atoms with Crippen molar-refractivity contribution < 1.29 is 18.7 Å². The van der Waals surface area contributed by atoms with Gasteiger partial charge in [-0.05, 0) is 42.3 Å². The van der Waals surface area contributed by atoms with Crippen molar-refractivity contribution in [2.75, 3.05) is 19.0 Å². The van der Waals surface area contributed by atoms with Crippen molar-refractivity contribution in [3.63, 3.8) is 0 Å². The zero-order valence-electron chi connectivity index (χ0n) is 15.6. The highest BCUT2D eigenvalue weighted by Gasteiger charge is 2.31. The van der Waals surface area contributed by atoms with E-state index in [0.717, 1.165) is 27.3 Å². The van der Waals surface area contributed by atoms with Gasteiger partial charge in [-0.15, -0.1) is 11.3 Å². The van der Waals surface area contributed by atoms with E-state index in [2.05, 4.69) is 5.32 Å². The number of methoxy groups -OCH3 is 1. The Labute approximate surface area is 166 Å². The molecule has 0 spiro atoms. The van der Waals surface area contributed by atoms with Crippen LogP contribution in [0.25, 0.3) is 11.1 Å². The molecule has 1 amide bonds. The van der Waals surface area contributed by atoms with Gasteiger partial charge in [0.15, 0.2) is 11.5 Å². The van der Waals surface area contributed by atoms with Gasteiger partial charge in [0.25, 0.3) is 0 Å². The quantitative estimate of drug-likeness (QED) is 0.624. The number of benzene rings is 2. The van der Waals surface area contributed by atoms with Crippen molar-refractivity contribution in [2.45, 2.75) is 19.3 Å². The lowest BCUT2D eigenvalue weighted by Gasteiger charge is -2.24. The van der Waals surface area contributed by atoms with Gasteiger partial charge in [0.2, 0.25) is 5.91 Å². The van der Waals surface area contributed by atoms with Crippen molar-refractivity contribution >= 4 is 22.9 Å². The highest BCUT2D eigenvalue weighted by atomic mass is 32.1. The molecule has 1 aromatic heterocycles. The van der Waals surface area contributed by atoms with Gasteiger partial charge >= 0.3 is 0 Å². The number of rotatable bonds is 5. The fourth-order valence-corrected chi connectivity index (χ4v) is 4.70. The molecule has 2 aromatic carbocycles. The lowest BCUT2D eigenvalue weighted by atomic mass is 9.89.